The number of thiazole rings is 1. The number of hydrogen-bond acceptors (Lipinski definition) is 6. The molecule has 6 nitrogen and oxygen atoms in total. The average Bonchev–Trinajstić information content (AvgIpc) is 3.36. The number of nitrogens with zero attached hydrogens (tertiary/aromatic N) is 2. The molecule has 3 aromatic carbocycles. The van der Waals surface area contributed by atoms with Gasteiger partial charge in [-0.15, -0.1) is 0 Å². The standard InChI is InChI=1S/C26H22N2O4S/c29-25-24(33-26-27-21-11-5-6-12-22(21)28(25)26)18-19-8-4-7-13-23(19)32-17-15-30-14-16-31-20-9-2-1-3-10-20/h1-13,18H,14-17H2/b24-18+. The van der Waals surface area contributed by atoms with Gasteiger partial charge in [0.05, 0.1) is 28.8 Å². The Hall–Kier alpha value is -3.68. The Morgan fingerprint density at radius 2 is 1.55 bits per heavy atom. The third kappa shape index (κ3) is 4.74. The molecule has 0 saturated carbocycles. The minimum atomic E-state index is -0.0692. The van der Waals surface area contributed by atoms with E-state index >= 15 is 0 Å². The number of imidazole rings is 1. The summed E-state index contributed by atoms with van der Waals surface area (Å²) in [6.07, 6.45) is 1.86. The van der Waals surface area contributed by atoms with Crippen molar-refractivity contribution in [1.82, 2.24) is 9.38 Å². The van der Waals surface area contributed by atoms with Gasteiger partial charge in [0, 0.05) is 5.56 Å². The highest BCUT2D eigenvalue weighted by molar-refractivity contribution is 7.15. The van der Waals surface area contributed by atoms with E-state index in [0.29, 0.717) is 41.7 Å². The first-order valence-corrected chi connectivity index (χ1v) is 11.5. The van der Waals surface area contributed by atoms with Crippen molar-refractivity contribution in [3.63, 3.8) is 0 Å². The van der Waals surface area contributed by atoms with Crippen LogP contribution in [-0.2, 0) is 4.74 Å². The smallest absolute Gasteiger partial charge is 0.274 e. The molecule has 0 amide bonds. The van der Waals surface area contributed by atoms with E-state index in [1.165, 1.54) is 11.3 Å². The van der Waals surface area contributed by atoms with E-state index in [1.54, 1.807) is 4.40 Å². The molecule has 0 radical (unpaired) electrons. The summed E-state index contributed by atoms with van der Waals surface area (Å²) in [7, 11) is 0. The van der Waals surface area contributed by atoms with Crippen molar-refractivity contribution in [2.75, 3.05) is 26.4 Å². The van der Waals surface area contributed by atoms with Crippen LogP contribution in [0, 0.1) is 0 Å². The molecular weight excluding hydrogens is 436 g/mol. The van der Waals surface area contributed by atoms with Crippen molar-refractivity contribution in [1.29, 1.82) is 0 Å². The lowest BCUT2D eigenvalue weighted by molar-refractivity contribution is 0.0764. The molecule has 0 saturated heterocycles. The van der Waals surface area contributed by atoms with Crippen LogP contribution < -0.4 is 19.6 Å². The normalized spacial score (nSPS) is 11.9. The van der Waals surface area contributed by atoms with Gasteiger partial charge in [0.25, 0.3) is 5.56 Å². The third-order valence-corrected chi connectivity index (χ3v) is 6.04. The second-order valence-corrected chi connectivity index (χ2v) is 8.30. The Labute approximate surface area is 194 Å². The zero-order chi connectivity index (χ0) is 22.5. The van der Waals surface area contributed by atoms with Crippen LogP contribution in [0.15, 0.2) is 83.7 Å². The average molecular weight is 459 g/mol. The fourth-order valence-electron chi connectivity index (χ4n) is 3.53. The summed E-state index contributed by atoms with van der Waals surface area (Å²) in [5.41, 5.74) is 2.42. The van der Waals surface area contributed by atoms with Crippen LogP contribution in [0.25, 0.3) is 22.1 Å². The van der Waals surface area contributed by atoms with Crippen LogP contribution in [-0.4, -0.2) is 35.8 Å². The Bertz CT molecular complexity index is 1480. The Morgan fingerprint density at radius 3 is 2.42 bits per heavy atom. The summed E-state index contributed by atoms with van der Waals surface area (Å²) in [6.45, 7) is 1.81. The van der Waals surface area contributed by atoms with E-state index in [0.717, 1.165) is 22.3 Å². The molecule has 0 aliphatic heterocycles. The second-order valence-electron chi connectivity index (χ2n) is 7.29. The lowest BCUT2D eigenvalue weighted by Gasteiger charge is -2.10. The molecular formula is C26H22N2O4S. The van der Waals surface area contributed by atoms with E-state index < -0.39 is 0 Å². The zero-order valence-corrected chi connectivity index (χ0v) is 18.7. The van der Waals surface area contributed by atoms with Gasteiger partial charge in [-0.25, -0.2) is 9.38 Å². The highest BCUT2D eigenvalue weighted by Crippen LogP contribution is 2.20. The number of hydrogen-bond donors (Lipinski definition) is 0. The molecule has 0 unspecified atom stereocenters. The van der Waals surface area contributed by atoms with Gasteiger partial charge in [-0.3, -0.25) is 4.79 Å². The van der Waals surface area contributed by atoms with Gasteiger partial charge in [0.15, 0.2) is 4.96 Å². The van der Waals surface area contributed by atoms with Gasteiger partial charge in [0.1, 0.15) is 24.7 Å². The fourth-order valence-corrected chi connectivity index (χ4v) is 4.51. The van der Waals surface area contributed by atoms with E-state index in [9.17, 15) is 4.79 Å². The number of rotatable bonds is 9. The van der Waals surface area contributed by atoms with E-state index in [1.807, 2.05) is 84.9 Å². The van der Waals surface area contributed by atoms with Crippen molar-refractivity contribution in [3.8, 4) is 11.5 Å². The van der Waals surface area contributed by atoms with E-state index in [4.69, 9.17) is 14.2 Å². The number of fused-ring (bicyclic) bond motifs is 3. The highest BCUT2D eigenvalue weighted by Gasteiger charge is 2.11. The lowest BCUT2D eigenvalue weighted by Crippen LogP contribution is -2.22. The molecule has 0 fully saturated rings. The van der Waals surface area contributed by atoms with Gasteiger partial charge in [-0.1, -0.05) is 59.9 Å². The minimum Gasteiger partial charge on any atom is -0.491 e. The van der Waals surface area contributed by atoms with Crippen molar-refractivity contribution in [2.45, 2.75) is 0 Å². The van der Waals surface area contributed by atoms with Crippen molar-refractivity contribution < 1.29 is 14.2 Å². The van der Waals surface area contributed by atoms with Crippen LogP contribution >= 0.6 is 11.3 Å². The van der Waals surface area contributed by atoms with E-state index in [-0.39, 0.29) is 5.56 Å². The number of benzene rings is 3. The van der Waals surface area contributed by atoms with E-state index in [2.05, 4.69) is 4.98 Å². The predicted octanol–water partition coefficient (Wildman–Crippen LogP) is 3.93. The van der Waals surface area contributed by atoms with Gasteiger partial charge in [-0.2, -0.15) is 0 Å². The molecule has 166 valence electrons. The first-order chi connectivity index (χ1) is 16.3. The number of aromatic nitrogens is 2. The molecule has 2 aromatic heterocycles. The Morgan fingerprint density at radius 1 is 0.818 bits per heavy atom. The van der Waals surface area contributed by atoms with Crippen LogP contribution in [0.3, 0.4) is 0 Å². The van der Waals surface area contributed by atoms with Crippen molar-refractivity contribution in [2.24, 2.45) is 0 Å². The van der Waals surface area contributed by atoms with Crippen LogP contribution in [0.5, 0.6) is 11.5 Å². The third-order valence-electron chi connectivity index (χ3n) is 5.08. The molecule has 33 heavy (non-hydrogen) atoms. The molecule has 0 spiro atoms. The first-order valence-electron chi connectivity index (χ1n) is 10.7. The monoisotopic (exact) mass is 458 g/mol. The molecule has 7 heteroatoms. The van der Waals surface area contributed by atoms with Gasteiger partial charge < -0.3 is 14.2 Å². The quantitative estimate of drug-likeness (QED) is 0.313. The summed E-state index contributed by atoms with van der Waals surface area (Å²) in [6, 6.07) is 25.0. The summed E-state index contributed by atoms with van der Waals surface area (Å²) in [4.78, 5) is 18.3. The molecule has 2 heterocycles. The van der Waals surface area contributed by atoms with Crippen molar-refractivity contribution in [3.05, 3.63) is 99.3 Å². The van der Waals surface area contributed by atoms with Gasteiger partial charge >= 0.3 is 0 Å². The maximum Gasteiger partial charge on any atom is 0.274 e. The molecule has 5 rings (SSSR count). The SMILES string of the molecule is O=c1/c(=C\c2ccccc2OCCOCCOc2ccccc2)sc2nc3ccccc3n12. The molecule has 5 aromatic rings. The number of ether oxygens (including phenoxy) is 3. The Balaban J connectivity index is 1.23. The van der Waals surface area contributed by atoms with Gasteiger partial charge in [0.2, 0.25) is 0 Å². The maximum atomic E-state index is 13.0. The molecule has 0 aliphatic carbocycles. The summed E-state index contributed by atoms with van der Waals surface area (Å²) in [5.74, 6) is 1.53. The second kappa shape index (κ2) is 9.85. The Kier molecular flexibility index (Phi) is 6.32. The van der Waals surface area contributed by atoms with Gasteiger partial charge in [-0.05, 0) is 36.4 Å². The largest absolute Gasteiger partial charge is 0.491 e. The highest BCUT2D eigenvalue weighted by atomic mass is 32.1. The maximum absolute atomic E-state index is 13.0. The van der Waals surface area contributed by atoms with Crippen molar-refractivity contribution >= 4 is 33.4 Å². The van der Waals surface area contributed by atoms with Crippen LogP contribution in [0.1, 0.15) is 5.56 Å². The summed E-state index contributed by atoms with van der Waals surface area (Å²) >= 11 is 1.38. The minimum absolute atomic E-state index is 0.0692. The predicted molar refractivity (Wildman–Crippen MR) is 130 cm³/mol. The number of para-hydroxylation sites is 4. The summed E-state index contributed by atoms with van der Waals surface area (Å²) < 4.78 is 19.4. The lowest BCUT2D eigenvalue weighted by atomic mass is 10.2. The fraction of sp³-hybridized carbons (Fsp3) is 0.154. The molecule has 0 bridgehead atoms. The molecule has 0 N–H and O–H groups in total. The molecule has 0 atom stereocenters. The van der Waals surface area contributed by atoms with Crippen LogP contribution in [0.4, 0.5) is 0 Å². The van der Waals surface area contributed by atoms with Crippen LogP contribution in [0.2, 0.25) is 0 Å². The summed E-state index contributed by atoms with van der Waals surface area (Å²) in [5, 5.41) is 0. The first kappa shape index (κ1) is 21.2. The topological polar surface area (TPSA) is 62.1 Å². The zero-order valence-electron chi connectivity index (χ0n) is 17.8. The molecule has 0 aliphatic rings.